The summed E-state index contributed by atoms with van der Waals surface area (Å²) < 4.78 is 41.2. The summed E-state index contributed by atoms with van der Waals surface area (Å²) in [6, 6.07) is 10.2. The van der Waals surface area contributed by atoms with Crippen LogP contribution in [0.15, 0.2) is 47.1 Å². The van der Waals surface area contributed by atoms with E-state index in [0.29, 0.717) is 60.7 Å². The van der Waals surface area contributed by atoms with Gasteiger partial charge in [-0.05, 0) is 24.3 Å². The third-order valence-electron chi connectivity index (χ3n) is 7.21. The van der Waals surface area contributed by atoms with Crippen molar-refractivity contribution in [2.24, 2.45) is 0 Å². The number of furan rings is 1. The molecule has 39 heavy (non-hydrogen) atoms. The molecule has 13 heteroatoms. The molecule has 3 aromatic heterocycles. The normalized spacial score (nSPS) is 20.1. The van der Waals surface area contributed by atoms with E-state index in [9.17, 15) is 8.78 Å². The SMILES string of the molecule is CN(CCN1CCN(c2ccc(O[C@@H]3CNC[C@@H]3F)cc2F)CC1)c1nc(N)n2nc(-c3ccco3)cc2n1. The van der Waals surface area contributed by atoms with Crippen molar-refractivity contribution in [2.45, 2.75) is 12.3 Å². The van der Waals surface area contributed by atoms with E-state index in [2.05, 4.69) is 25.3 Å². The predicted octanol–water partition coefficient (Wildman–Crippen LogP) is 2.05. The van der Waals surface area contributed by atoms with Crippen molar-refractivity contribution in [3.63, 3.8) is 0 Å². The van der Waals surface area contributed by atoms with E-state index < -0.39 is 12.3 Å². The zero-order valence-corrected chi connectivity index (χ0v) is 21.6. The van der Waals surface area contributed by atoms with Crippen LogP contribution in [0.2, 0.25) is 0 Å². The number of ether oxygens (including phenoxy) is 1. The fraction of sp³-hybridized carbons (Fsp3) is 0.423. The number of fused-ring (bicyclic) bond motifs is 1. The quantitative estimate of drug-likeness (QED) is 0.345. The number of likely N-dealkylation sites (N-methyl/N-ethyl adjacent to an activating group) is 1. The first-order valence-electron chi connectivity index (χ1n) is 13.0. The van der Waals surface area contributed by atoms with Crippen LogP contribution in [0.5, 0.6) is 5.75 Å². The minimum atomic E-state index is -1.09. The van der Waals surface area contributed by atoms with Crippen LogP contribution in [0.25, 0.3) is 17.1 Å². The molecule has 0 unspecified atom stereocenters. The molecule has 0 saturated carbocycles. The van der Waals surface area contributed by atoms with Gasteiger partial charge in [-0.1, -0.05) is 0 Å². The molecule has 6 rings (SSSR count). The number of alkyl halides is 1. The van der Waals surface area contributed by atoms with Gasteiger partial charge in [0.2, 0.25) is 11.9 Å². The van der Waals surface area contributed by atoms with E-state index in [4.69, 9.17) is 14.9 Å². The number of nitrogens with one attached hydrogen (secondary N) is 1. The van der Waals surface area contributed by atoms with Gasteiger partial charge in [0.05, 0.1) is 12.0 Å². The molecule has 2 aliphatic rings. The minimum absolute atomic E-state index is 0.246. The maximum atomic E-state index is 14.9. The lowest BCUT2D eigenvalue weighted by Crippen LogP contribution is -2.48. The van der Waals surface area contributed by atoms with Crippen LogP contribution in [0.1, 0.15) is 0 Å². The lowest BCUT2D eigenvalue weighted by molar-refractivity contribution is 0.139. The second-order valence-electron chi connectivity index (χ2n) is 9.85. The molecule has 2 saturated heterocycles. The number of aromatic nitrogens is 4. The smallest absolute Gasteiger partial charge is 0.230 e. The van der Waals surface area contributed by atoms with Gasteiger partial charge in [-0.2, -0.15) is 19.6 Å². The Hall–Kier alpha value is -3.97. The van der Waals surface area contributed by atoms with Gasteiger partial charge in [0, 0.05) is 71.5 Å². The summed E-state index contributed by atoms with van der Waals surface area (Å²) in [4.78, 5) is 15.4. The third-order valence-corrected chi connectivity index (χ3v) is 7.21. The van der Waals surface area contributed by atoms with E-state index in [0.717, 1.165) is 19.6 Å². The topological polar surface area (TPSA) is 113 Å². The van der Waals surface area contributed by atoms with E-state index >= 15 is 0 Å². The van der Waals surface area contributed by atoms with Crippen LogP contribution in [-0.2, 0) is 0 Å². The molecule has 2 aliphatic heterocycles. The number of nitrogens with two attached hydrogens (primary N) is 1. The van der Waals surface area contributed by atoms with Gasteiger partial charge < -0.3 is 30.0 Å². The number of hydrogen-bond donors (Lipinski definition) is 2. The molecular formula is C26H31F2N9O2. The van der Waals surface area contributed by atoms with Crippen molar-refractivity contribution >= 4 is 23.2 Å². The van der Waals surface area contributed by atoms with Crippen LogP contribution in [0.4, 0.5) is 26.4 Å². The average molecular weight is 540 g/mol. The number of piperazine rings is 1. The lowest BCUT2D eigenvalue weighted by atomic mass is 10.2. The Morgan fingerprint density at radius 1 is 1.15 bits per heavy atom. The molecular weight excluding hydrogens is 508 g/mol. The standard InChI is InChI=1S/C26H31F2N9O2/c1-34(26-31-24-14-20(22-3-2-12-38-22)33-37(24)25(29)32-26)6-7-35-8-10-36(11-9-35)21-5-4-17(13-18(21)27)39-23-16-30-15-19(23)28/h2-5,12-14,19,23,30H,6-11,15-16H2,1H3,(H2,29,31,32)/t19-,23+/m0/s1. The number of nitrogen functional groups attached to an aromatic ring is 1. The first-order chi connectivity index (χ1) is 18.9. The Morgan fingerprint density at radius 3 is 2.72 bits per heavy atom. The van der Waals surface area contributed by atoms with Crippen molar-refractivity contribution in [2.75, 3.05) is 74.9 Å². The van der Waals surface area contributed by atoms with Crippen molar-refractivity contribution in [1.29, 1.82) is 0 Å². The molecule has 0 amide bonds. The van der Waals surface area contributed by atoms with Crippen molar-refractivity contribution in [1.82, 2.24) is 29.8 Å². The number of anilines is 3. The fourth-order valence-corrected chi connectivity index (χ4v) is 4.95. The molecule has 2 atom stereocenters. The number of benzene rings is 1. The van der Waals surface area contributed by atoms with E-state index in [-0.39, 0.29) is 18.3 Å². The molecule has 2 fully saturated rings. The predicted molar refractivity (Wildman–Crippen MR) is 143 cm³/mol. The van der Waals surface area contributed by atoms with Gasteiger partial charge in [0.1, 0.15) is 23.4 Å². The summed E-state index contributed by atoms with van der Waals surface area (Å²) in [6.07, 6.45) is -0.0779. The largest absolute Gasteiger partial charge is 0.486 e. The molecule has 206 valence electrons. The number of halogens is 2. The van der Waals surface area contributed by atoms with Gasteiger partial charge in [-0.3, -0.25) is 4.90 Å². The summed E-state index contributed by atoms with van der Waals surface area (Å²) in [5.41, 5.74) is 7.92. The maximum Gasteiger partial charge on any atom is 0.230 e. The maximum absolute atomic E-state index is 14.9. The Morgan fingerprint density at radius 2 is 2.00 bits per heavy atom. The summed E-state index contributed by atoms with van der Waals surface area (Å²) in [6.45, 7) is 5.15. The molecule has 1 aromatic carbocycles. The van der Waals surface area contributed by atoms with E-state index in [1.165, 1.54) is 10.6 Å². The second kappa shape index (κ2) is 10.7. The average Bonchev–Trinajstić information content (AvgIpc) is 3.70. The zero-order valence-electron chi connectivity index (χ0n) is 21.6. The van der Waals surface area contributed by atoms with Crippen LogP contribution in [-0.4, -0.2) is 96.2 Å². The Kier molecular flexibility index (Phi) is 6.92. The highest BCUT2D eigenvalue weighted by molar-refractivity contribution is 5.61. The van der Waals surface area contributed by atoms with Crippen molar-refractivity contribution in [3.05, 3.63) is 48.5 Å². The number of nitrogens with zero attached hydrogens (tertiary/aromatic N) is 7. The molecule has 0 spiro atoms. The molecule has 11 nitrogen and oxygen atoms in total. The molecule has 5 heterocycles. The third kappa shape index (κ3) is 5.32. The van der Waals surface area contributed by atoms with Crippen molar-refractivity contribution in [3.8, 4) is 17.2 Å². The summed E-state index contributed by atoms with van der Waals surface area (Å²) in [5.74, 6) is 1.39. The van der Waals surface area contributed by atoms with Crippen LogP contribution < -0.4 is 25.6 Å². The van der Waals surface area contributed by atoms with Gasteiger partial charge in [0.25, 0.3) is 0 Å². The Labute approximate surface area is 224 Å². The van der Waals surface area contributed by atoms with Crippen LogP contribution >= 0.6 is 0 Å². The zero-order chi connectivity index (χ0) is 26.9. The molecule has 0 bridgehead atoms. The van der Waals surface area contributed by atoms with Crippen LogP contribution in [0.3, 0.4) is 0 Å². The van der Waals surface area contributed by atoms with Gasteiger partial charge in [0.15, 0.2) is 17.6 Å². The lowest BCUT2D eigenvalue weighted by Gasteiger charge is -2.36. The summed E-state index contributed by atoms with van der Waals surface area (Å²) >= 11 is 0. The Bertz CT molecular complexity index is 1420. The number of hydrogen-bond acceptors (Lipinski definition) is 10. The van der Waals surface area contributed by atoms with E-state index in [1.54, 1.807) is 24.5 Å². The molecule has 3 N–H and O–H groups in total. The summed E-state index contributed by atoms with van der Waals surface area (Å²) in [7, 11) is 1.93. The van der Waals surface area contributed by atoms with Gasteiger partial charge in [-0.25, -0.2) is 8.78 Å². The number of rotatable bonds is 8. The summed E-state index contributed by atoms with van der Waals surface area (Å²) in [5, 5.41) is 7.37. The van der Waals surface area contributed by atoms with E-state index in [1.807, 2.05) is 29.0 Å². The highest BCUT2D eigenvalue weighted by Crippen LogP contribution is 2.27. The van der Waals surface area contributed by atoms with Gasteiger partial charge in [-0.15, -0.1) is 0 Å². The second-order valence-corrected chi connectivity index (χ2v) is 9.85. The molecule has 4 aromatic rings. The highest BCUT2D eigenvalue weighted by Gasteiger charge is 2.29. The first-order valence-corrected chi connectivity index (χ1v) is 13.0. The first kappa shape index (κ1) is 25.3. The minimum Gasteiger partial charge on any atom is -0.486 e. The monoisotopic (exact) mass is 539 g/mol. The van der Waals surface area contributed by atoms with Crippen molar-refractivity contribution < 1.29 is 17.9 Å². The molecule has 0 radical (unpaired) electrons. The Balaban J connectivity index is 1.02. The highest BCUT2D eigenvalue weighted by atomic mass is 19.1. The molecule has 0 aliphatic carbocycles. The van der Waals surface area contributed by atoms with Gasteiger partial charge >= 0.3 is 0 Å². The fourth-order valence-electron chi connectivity index (χ4n) is 4.95. The van der Waals surface area contributed by atoms with Crippen LogP contribution in [0, 0.1) is 5.82 Å².